The van der Waals surface area contributed by atoms with Crippen LogP contribution in [0, 0.1) is 0 Å². The standard InChI is InChI=1S/C19H21NO3S/c1-15(19(22)23-2)24-14-18(21)20(17-11-7-4-8-12-17)13-16-9-5-3-6-10-16/h3-12,15H,13-14H2,1-2H3. The molecule has 0 bridgehead atoms. The molecule has 0 spiro atoms. The summed E-state index contributed by atoms with van der Waals surface area (Å²) < 4.78 is 4.70. The molecule has 1 amide bonds. The first-order chi connectivity index (χ1) is 11.6. The Morgan fingerprint density at radius 1 is 1.04 bits per heavy atom. The maximum absolute atomic E-state index is 12.7. The van der Waals surface area contributed by atoms with Crippen LogP contribution in [0.1, 0.15) is 12.5 Å². The Morgan fingerprint density at radius 2 is 1.62 bits per heavy atom. The average molecular weight is 343 g/mol. The van der Waals surface area contributed by atoms with Gasteiger partial charge in [0.1, 0.15) is 5.25 Å². The van der Waals surface area contributed by atoms with E-state index in [9.17, 15) is 9.59 Å². The SMILES string of the molecule is COC(=O)C(C)SCC(=O)N(Cc1ccccc1)c1ccccc1. The zero-order chi connectivity index (χ0) is 17.4. The van der Waals surface area contributed by atoms with Crippen LogP contribution in [0.4, 0.5) is 5.69 Å². The molecule has 2 aromatic carbocycles. The molecule has 0 radical (unpaired) electrons. The molecule has 126 valence electrons. The second-order valence-electron chi connectivity index (χ2n) is 5.28. The first-order valence-electron chi connectivity index (χ1n) is 7.70. The maximum Gasteiger partial charge on any atom is 0.318 e. The van der Waals surface area contributed by atoms with Crippen LogP contribution in [-0.4, -0.2) is 30.0 Å². The van der Waals surface area contributed by atoms with Crippen molar-refractivity contribution in [2.75, 3.05) is 17.8 Å². The van der Waals surface area contributed by atoms with E-state index in [-0.39, 0.29) is 22.9 Å². The van der Waals surface area contributed by atoms with E-state index in [1.54, 1.807) is 11.8 Å². The minimum atomic E-state index is -0.367. The van der Waals surface area contributed by atoms with Crippen molar-refractivity contribution in [2.45, 2.75) is 18.7 Å². The van der Waals surface area contributed by atoms with Crippen LogP contribution < -0.4 is 4.90 Å². The van der Waals surface area contributed by atoms with E-state index in [1.165, 1.54) is 18.9 Å². The third kappa shape index (κ3) is 5.13. The number of hydrogen-bond acceptors (Lipinski definition) is 4. The largest absolute Gasteiger partial charge is 0.468 e. The number of benzene rings is 2. The molecule has 24 heavy (non-hydrogen) atoms. The Labute approximate surface area is 146 Å². The normalized spacial score (nSPS) is 11.6. The van der Waals surface area contributed by atoms with Crippen molar-refractivity contribution < 1.29 is 14.3 Å². The molecule has 2 rings (SSSR count). The second kappa shape index (κ2) is 9.13. The molecular formula is C19H21NO3S. The third-order valence-corrected chi connectivity index (χ3v) is 4.65. The number of amides is 1. The molecule has 0 aromatic heterocycles. The van der Waals surface area contributed by atoms with Crippen LogP contribution >= 0.6 is 11.8 Å². The molecule has 1 unspecified atom stereocenters. The van der Waals surface area contributed by atoms with Crippen molar-refractivity contribution in [1.82, 2.24) is 0 Å². The van der Waals surface area contributed by atoms with Gasteiger partial charge < -0.3 is 9.64 Å². The van der Waals surface area contributed by atoms with Gasteiger partial charge in [-0.2, -0.15) is 0 Å². The van der Waals surface area contributed by atoms with E-state index >= 15 is 0 Å². The quantitative estimate of drug-likeness (QED) is 0.722. The predicted molar refractivity (Wildman–Crippen MR) is 98.0 cm³/mol. The number of nitrogens with zero attached hydrogens (tertiary/aromatic N) is 1. The van der Waals surface area contributed by atoms with Gasteiger partial charge in [-0.15, -0.1) is 11.8 Å². The summed E-state index contributed by atoms with van der Waals surface area (Å²) in [5.74, 6) is -0.134. The number of rotatable bonds is 7. The van der Waals surface area contributed by atoms with Crippen LogP contribution in [0.5, 0.6) is 0 Å². The number of hydrogen-bond donors (Lipinski definition) is 0. The van der Waals surface area contributed by atoms with Crippen molar-refractivity contribution in [3.8, 4) is 0 Å². The fraction of sp³-hybridized carbons (Fsp3) is 0.263. The lowest BCUT2D eigenvalue weighted by molar-refractivity contribution is -0.139. The van der Waals surface area contributed by atoms with Crippen LogP contribution in [0.15, 0.2) is 60.7 Å². The van der Waals surface area contributed by atoms with Crippen molar-refractivity contribution in [1.29, 1.82) is 0 Å². The molecule has 0 saturated heterocycles. The summed E-state index contributed by atoms with van der Waals surface area (Å²) in [5, 5.41) is -0.367. The minimum Gasteiger partial charge on any atom is -0.468 e. The number of methoxy groups -OCH3 is 1. The van der Waals surface area contributed by atoms with Crippen molar-refractivity contribution in [3.63, 3.8) is 0 Å². The summed E-state index contributed by atoms with van der Waals surface area (Å²) in [6, 6.07) is 19.4. The van der Waals surface area contributed by atoms with Gasteiger partial charge in [-0.3, -0.25) is 9.59 Å². The van der Waals surface area contributed by atoms with Gasteiger partial charge in [0.05, 0.1) is 19.4 Å². The number of carbonyl (C=O) groups excluding carboxylic acids is 2. The highest BCUT2D eigenvalue weighted by Gasteiger charge is 2.20. The number of esters is 1. The number of carbonyl (C=O) groups is 2. The van der Waals surface area contributed by atoms with Gasteiger partial charge in [0.25, 0.3) is 0 Å². The second-order valence-corrected chi connectivity index (χ2v) is 6.61. The van der Waals surface area contributed by atoms with E-state index in [0.29, 0.717) is 6.54 Å². The lowest BCUT2D eigenvalue weighted by atomic mass is 10.2. The Bertz CT molecular complexity index is 661. The van der Waals surface area contributed by atoms with E-state index in [1.807, 2.05) is 60.7 Å². The first-order valence-corrected chi connectivity index (χ1v) is 8.75. The van der Waals surface area contributed by atoms with E-state index < -0.39 is 0 Å². The Balaban J connectivity index is 2.10. The summed E-state index contributed by atoms with van der Waals surface area (Å²) >= 11 is 1.28. The molecule has 1 atom stereocenters. The smallest absolute Gasteiger partial charge is 0.318 e. The molecule has 0 aliphatic heterocycles. The fourth-order valence-electron chi connectivity index (χ4n) is 2.21. The Hall–Kier alpha value is -2.27. The molecule has 0 heterocycles. The summed E-state index contributed by atoms with van der Waals surface area (Å²) in [4.78, 5) is 25.9. The molecule has 0 fully saturated rings. The molecule has 5 heteroatoms. The molecule has 2 aromatic rings. The van der Waals surface area contributed by atoms with Gasteiger partial charge in [0, 0.05) is 5.69 Å². The summed E-state index contributed by atoms with van der Waals surface area (Å²) in [6.07, 6.45) is 0. The monoisotopic (exact) mass is 343 g/mol. The molecule has 0 N–H and O–H groups in total. The molecule has 0 saturated carbocycles. The number of anilines is 1. The highest BCUT2D eigenvalue weighted by molar-refractivity contribution is 8.01. The summed E-state index contributed by atoms with van der Waals surface area (Å²) in [7, 11) is 1.35. The number of para-hydroxylation sites is 1. The van der Waals surface area contributed by atoms with Crippen LogP contribution in [0.3, 0.4) is 0 Å². The summed E-state index contributed by atoms with van der Waals surface area (Å²) in [5.41, 5.74) is 1.90. The van der Waals surface area contributed by atoms with Gasteiger partial charge in [-0.25, -0.2) is 0 Å². The highest BCUT2D eigenvalue weighted by atomic mass is 32.2. The van der Waals surface area contributed by atoms with Crippen molar-refractivity contribution in [2.24, 2.45) is 0 Å². The molecule has 0 aliphatic rings. The first kappa shape index (κ1) is 18.1. The highest BCUT2D eigenvalue weighted by Crippen LogP contribution is 2.20. The molecular weight excluding hydrogens is 322 g/mol. The topological polar surface area (TPSA) is 46.6 Å². The minimum absolute atomic E-state index is 0.0363. The summed E-state index contributed by atoms with van der Waals surface area (Å²) in [6.45, 7) is 2.24. The van der Waals surface area contributed by atoms with Gasteiger partial charge in [0.2, 0.25) is 5.91 Å². The van der Waals surface area contributed by atoms with Gasteiger partial charge in [-0.1, -0.05) is 48.5 Å². The lowest BCUT2D eigenvalue weighted by Crippen LogP contribution is -2.32. The molecule has 4 nitrogen and oxygen atoms in total. The van der Waals surface area contributed by atoms with E-state index in [2.05, 4.69) is 0 Å². The van der Waals surface area contributed by atoms with Crippen molar-refractivity contribution >= 4 is 29.3 Å². The Morgan fingerprint density at radius 3 is 2.21 bits per heavy atom. The Kier molecular flexibility index (Phi) is 6.88. The van der Waals surface area contributed by atoms with E-state index in [4.69, 9.17) is 4.74 Å². The van der Waals surface area contributed by atoms with E-state index in [0.717, 1.165) is 11.3 Å². The average Bonchev–Trinajstić information content (AvgIpc) is 2.64. The number of ether oxygens (including phenoxy) is 1. The zero-order valence-corrected chi connectivity index (χ0v) is 14.7. The predicted octanol–water partition coefficient (Wildman–Crippen LogP) is 3.51. The van der Waals surface area contributed by atoms with Crippen LogP contribution in [0.2, 0.25) is 0 Å². The third-order valence-electron chi connectivity index (χ3n) is 3.54. The van der Waals surface area contributed by atoms with Gasteiger partial charge >= 0.3 is 5.97 Å². The van der Waals surface area contributed by atoms with Crippen LogP contribution in [-0.2, 0) is 20.9 Å². The lowest BCUT2D eigenvalue weighted by Gasteiger charge is -2.23. The van der Waals surface area contributed by atoms with Gasteiger partial charge in [-0.05, 0) is 24.6 Å². The van der Waals surface area contributed by atoms with Crippen LogP contribution in [0.25, 0.3) is 0 Å². The van der Waals surface area contributed by atoms with Crippen molar-refractivity contribution in [3.05, 3.63) is 66.2 Å². The molecule has 0 aliphatic carbocycles. The zero-order valence-electron chi connectivity index (χ0n) is 13.8. The fourth-order valence-corrected chi connectivity index (χ4v) is 2.99. The van der Waals surface area contributed by atoms with Gasteiger partial charge in [0.15, 0.2) is 0 Å². The number of thioether (sulfide) groups is 1. The maximum atomic E-state index is 12.7.